The number of amides is 1. The molecule has 1 amide bonds. The predicted octanol–water partition coefficient (Wildman–Crippen LogP) is 0.129. The molecule has 0 aliphatic rings. The van der Waals surface area contributed by atoms with Crippen LogP contribution in [0.5, 0.6) is 0 Å². The van der Waals surface area contributed by atoms with Crippen LogP contribution in [0.25, 0.3) is 5.78 Å². The summed E-state index contributed by atoms with van der Waals surface area (Å²) in [7, 11) is 0. The molecule has 1 N–H and O–H groups in total. The van der Waals surface area contributed by atoms with Crippen LogP contribution >= 0.6 is 0 Å². The first-order chi connectivity index (χ1) is 10.5. The van der Waals surface area contributed by atoms with E-state index in [1.807, 2.05) is 19.9 Å². The number of ether oxygens (including phenoxy) is 1. The Hall–Kier alpha value is -2.77. The average Bonchev–Trinajstić information content (AvgIpc) is 2.85. The van der Waals surface area contributed by atoms with E-state index in [1.54, 1.807) is 4.52 Å². The highest BCUT2D eigenvalue weighted by Crippen LogP contribution is 2.06. The SMILES string of the molecule is C=CCNC(=O)COC(=O)Cc1nc2nc(C)cc(C)n2n1. The number of carbonyl (C=O) groups is 2. The molecule has 0 radical (unpaired) electrons. The Morgan fingerprint density at radius 3 is 2.91 bits per heavy atom. The molecule has 0 bridgehead atoms. The molecule has 2 rings (SSSR count). The number of fused-ring (bicyclic) bond motifs is 1. The van der Waals surface area contributed by atoms with Crippen molar-refractivity contribution in [2.45, 2.75) is 20.3 Å². The van der Waals surface area contributed by atoms with Crippen molar-refractivity contribution in [2.75, 3.05) is 13.2 Å². The summed E-state index contributed by atoms with van der Waals surface area (Å²) < 4.78 is 6.42. The summed E-state index contributed by atoms with van der Waals surface area (Å²) in [5.41, 5.74) is 1.70. The molecule has 2 heterocycles. The number of esters is 1. The second kappa shape index (κ2) is 6.79. The zero-order valence-corrected chi connectivity index (χ0v) is 12.5. The van der Waals surface area contributed by atoms with Gasteiger partial charge in [-0.05, 0) is 19.9 Å². The summed E-state index contributed by atoms with van der Waals surface area (Å²) >= 11 is 0. The second-order valence-electron chi connectivity index (χ2n) is 4.71. The maximum Gasteiger partial charge on any atom is 0.314 e. The number of carbonyl (C=O) groups excluding carboxylic acids is 2. The molecule has 0 fully saturated rings. The monoisotopic (exact) mass is 303 g/mol. The smallest absolute Gasteiger partial charge is 0.314 e. The van der Waals surface area contributed by atoms with Crippen molar-refractivity contribution in [3.8, 4) is 0 Å². The van der Waals surface area contributed by atoms with Crippen LogP contribution in [-0.4, -0.2) is 44.6 Å². The van der Waals surface area contributed by atoms with Crippen molar-refractivity contribution in [1.29, 1.82) is 0 Å². The lowest BCUT2D eigenvalue weighted by atomic mass is 10.4. The summed E-state index contributed by atoms with van der Waals surface area (Å²) in [6.45, 7) is 7.20. The molecule has 116 valence electrons. The van der Waals surface area contributed by atoms with Crippen LogP contribution < -0.4 is 5.32 Å². The number of nitrogens with zero attached hydrogens (tertiary/aromatic N) is 4. The first-order valence-corrected chi connectivity index (χ1v) is 6.72. The van der Waals surface area contributed by atoms with Gasteiger partial charge < -0.3 is 10.1 Å². The largest absolute Gasteiger partial charge is 0.455 e. The van der Waals surface area contributed by atoms with Gasteiger partial charge in [0.1, 0.15) is 6.42 Å². The summed E-state index contributed by atoms with van der Waals surface area (Å²) in [6, 6.07) is 1.87. The molecule has 8 heteroatoms. The first kappa shape index (κ1) is 15.6. The van der Waals surface area contributed by atoms with Crippen molar-refractivity contribution in [3.63, 3.8) is 0 Å². The van der Waals surface area contributed by atoms with Crippen LogP contribution in [0.1, 0.15) is 17.2 Å². The van der Waals surface area contributed by atoms with Crippen LogP contribution in [0.4, 0.5) is 0 Å². The minimum Gasteiger partial charge on any atom is -0.455 e. The number of aromatic nitrogens is 4. The predicted molar refractivity (Wildman–Crippen MR) is 78.1 cm³/mol. The number of aryl methyl sites for hydroxylation is 2. The lowest BCUT2D eigenvalue weighted by Gasteiger charge is -2.03. The molecule has 0 saturated carbocycles. The Morgan fingerprint density at radius 1 is 1.41 bits per heavy atom. The van der Waals surface area contributed by atoms with Crippen LogP contribution in [0, 0.1) is 13.8 Å². The Morgan fingerprint density at radius 2 is 2.18 bits per heavy atom. The molecule has 0 saturated heterocycles. The molecule has 0 aliphatic heterocycles. The molecule has 0 aromatic carbocycles. The zero-order valence-electron chi connectivity index (χ0n) is 12.5. The van der Waals surface area contributed by atoms with Gasteiger partial charge in [-0.1, -0.05) is 6.08 Å². The van der Waals surface area contributed by atoms with E-state index in [1.165, 1.54) is 6.08 Å². The van der Waals surface area contributed by atoms with Gasteiger partial charge in [-0.15, -0.1) is 11.7 Å². The van der Waals surface area contributed by atoms with E-state index in [0.717, 1.165) is 11.4 Å². The molecule has 2 aromatic heterocycles. The third-order valence-electron chi connectivity index (χ3n) is 2.77. The van der Waals surface area contributed by atoms with Crippen molar-refractivity contribution >= 4 is 17.7 Å². The minimum atomic E-state index is -0.570. The molecule has 2 aromatic rings. The summed E-state index contributed by atoms with van der Waals surface area (Å²) in [5.74, 6) is -0.217. The number of rotatable bonds is 6. The zero-order chi connectivity index (χ0) is 16.1. The molecule has 8 nitrogen and oxygen atoms in total. The van der Waals surface area contributed by atoms with Gasteiger partial charge in [0.25, 0.3) is 11.7 Å². The molecule has 0 spiro atoms. The molecule has 0 unspecified atom stereocenters. The lowest BCUT2D eigenvalue weighted by molar-refractivity contribution is -0.147. The fourth-order valence-corrected chi connectivity index (χ4v) is 1.85. The maximum atomic E-state index is 11.7. The molecule has 0 atom stereocenters. The Kier molecular flexibility index (Phi) is 4.82. The Bertz CT molecular complexity index is 723. The molecular formula is C14H17N5O3. The summed E-state index contributed by atoms with van der Waals surface area (Å²) in [4.78, 5) is 31.4. The normalized spacial score (nSPS) is 10.5. The summed E-state index contributed by atoms with van der Waals surface area (Å²) in [5, 5.41) is 6.71. The van der Waals surface area contributed by atoms with Crippen LogP contribution in [0.3, 0.4) is 0 Å². The number of nitrogens with one attached hydrogen (secondary N) is 1. The molecule has 22 heavy (non-hydrogen) atoms. The van der Waals surface area contributed by atoms with E-state index in [0.29, 0.717) is 18.1 Å². The molecular weight excluding hydrogens is 286 g/mol. The van der Waals surface area contributed by atoms with E-state index in [4.69, 9.17) is 4.74 Å². The third-order valence-corrected chi connectivity index (χ3v) is 2.77. The van der Waals surface area contributed by atoms with Gasteiger partial charge in [0.15, 0.2) is 12.4 Å². The highest BCUT2D eigenvalue weighted by Gasteiger charge is 2.13. The van der Waals surface area contributed by atoms with E-state index in [-0.39, 0.29) is 18.9 Å². The van der Waals surface area contributed by atoms with E-state index in [9.17, 15) is 9.59 Å². The minimum absolute atomic E-state index is 0.114. The van der Waals surface area contributed by atoms with Crippen LogP contribution in [0.15, 0.2) is 18.7 Å². The lowest BCUT2D eigenvalue weighted by Crippen LogP contribution is -2.29. The highest BCUT2D eigenvalue weighted by atomic mass is 16.5. The van der Waals surface area contributed by atoms with Crippen molar-refractivity contribution in [1.82, 2.24) is 24.9 Å². The first-order valence-electron chi connectivity index (χ1n) is 6.72. The highest BCUT2D eigenvalue weighted by molar-refractivity contribution is 5.81. The topological polar surface area (TPSA) is 98.5 Å². The quantitative estimate of drug-likeness (QED) is 0.601. The Balaban J connectivity index is 1.96. The van der Waals surface area contributed by atoms with Crippen LogP contribution in [0.2, 0.25) is 0 Å². The van der Waals surface area contributed by atoms with E-state index < -0.39 is 5.97 Å². The van der Waals surface area contributed by atoms with Gasteiger partial charge in [0.2, 0.25) is 0 Å². The molecule has 0 aliphatic carbocycles. The van der Waals surface area contributed by atoms with Gasteiger partial charge in [0, 0.05) is 17.9 Å². The van der Waals surface area contributed by atoms with Gasteiger partial charge >= 0.3 is 5.97 Å². The van der Waals surface area contributed by atoms with Gasteiger partial charge in [-0.25, -0.2) is 9.50 Å². The van der Waals surface area contributed by atoms with Gasteiger partial charge in [0.05, 0.1) is 0 Å². The van der Waals surface area contributed by atoms with Gasteiger partial charge in [-0.3, -0.25) is 9.59 Å². The van der Waals surface area contributed by atoms with Crippen molar-refractivity contribution < 1.29 is 14.3 Å². The number of hydrogen-bond donors (Lipinski definition) is 1. The maximum absolute atomic E-state index is 11.7. The third kappa shape index (κ3) is 3.87. The van der Waals surface area contributed by atoms with Crippen molar-refractivity contribution in [3.05, 3.63) is 35.9 Å². The number of hydrogen-bond acceptors (Lipinski definition) is 6. The summed E-state index contributed by atoms with van der Waals surface area (Å²) in [6.07, 6.45) is 1.42. The fourth-order valence-electron chi connectivity index (χ4n) is 1.85. The van der Waals surface area contributed by atoms with Crippen LogP contribution in [-0.2, 0) is 20.7 Å². The Labute approximate surface area is 127 Å². The van der Waals surface area contributed by atoms with Crippen molar-refractivity contribution in [2.24, 2.45) is 0 Å². The van der Waals surface area contributed by atoms with E-state index >= 15 is 0 Å². The standard InChI is InChI=1S/C14H17N5O3/c1-4-5-15-12(20)8-22-13(21)7-11-17-14-16-9(2)6-10(3)19(14)18-11/h4,6H,1,5,7-8H2,2-3H3,(H,15,20). The van der Waals surface area contributed by atoms with Gasteiger partial charge in [-0.2, -0.15) is 4.98 Å². The average molecular weight is 303 g/mol. The second-order valence-corrected chi connectivity index (χ2v) is 4.71. The fraction of sp³-hybridized carbons (Fsp3) is 0.357. The van der Waals surface area contributed by atoms with E-state index in [2.05, 4.69) is 27.0 Å².